The number of unbranched alkanes of at least 4 members (excludes halogenated alkanes) is 2. The van der Waals surface area contributed by atoms with Crippen LogP contribution < -0.4 is 0 Å². The molecule has 1 N–H and O–H groups in total. The van der Waals surface area contributed by atoms with E-state index in [1.165, 1.54) is 0 Å². The van der Waals surface area contributed by atoms with Crippen LogP contribution >= 0.6 is 0 Å². The van der Waals surface area contributed by atoms with Gasteiger partial charge in [-0.25, -0.2) is 0 Å². The molecule has 0 spiro atoms. The van der Waals surface area contributed by atoms with E-state index in [0.29, 0.717) is 6.61 Å². The van der Waals surface area contributed by atoms with Crippen LogP contribution in [0, 0.1) is 5.41 Å². The van der Waals surface area contributed by atoms with Gasteiger partial charge in [0.05, 0.1) is 0 Å². The predicted octanol–water partition coefficient (Wildman–Crippen LogP) is 2.06. The highest BCUT2D eigenvalue weighted by Crippen LogP contribution is 2.45. The highest BCUT2D eigenvalue weighted by Gasteiger charge is 2.64. The second-order valence-electron chi connectivity index (χ2n) is 5.21. The zero-order valence-electron chi connectivity index (χ0n) is 11.9. The molecule has 1 saturated heterocycles. The Labute approximate surface area is 121 Å². The number of ether oxygens (including phenoxy) is 1. The van der Waals surface area contributed by atoms with E-state index in [2.05, 4.69) is 0 Å². The molecule has 0 aromatic heterocycles. The van der Waals surface area contributed by atoms with Crippen LogP contribution in [0.2, 0.25) is 0 Å². The van der Waals surface area contributed by atoms with Crippen LogP contribution in [0.3, 0.4) is 0 Å². The van der Waals surface area contributed by atoms with Crippen molar-refractivity contribution in [2.24, 2.45) is 5.41 Å². The average molecular weight is 311 g/mol. The Morgan fingerprint density at radius 1 is 1.33 bits per heavy atom. The van der Waals surface area contributed by atoms with Crippen LogP contribution in [0.1, 0.15) is 32.6 Å². The van der Waals surface area contributed by atoms with Crippen LogP contribution in [-0.2, 0) is 14.3 Å². The van der Waals surface area contributed by atoms with Crippen molar-refractivity contribution in [3.8, 4) is 0 Å². The number of carboxylic acid groups (broad SMARTS) is 1. The number of amides is 1. The number of likely N-dealkylation sites (tertiary alicyclic amines) is 1. The van der Waals surface area contributed by atoms with Crippen LogP contribution in [0.25, 0.3) is 0 Å². The molecule has 8 heteroatoms. The molecule has 1 aliphatic heterocycles. The standard InChI is InChI=1S/C13H20F3NO4/c1-2-3-4-7-21-8-10(18)17-6-5-12(9-17,11(19)20)13(14,15)16/h2-9H2,1H3,(H,19,20). The fourth-order valence-corrected chi connectivity index (χ4v) is 2.25. The lowest BCUT2D eigenvalue weighted by Crippen LogP contribution is -2.48. The molecule has 0 saturated carbocycles. The smallest absolute Gasteiger partial charge is 0.406 e. The Morgan fingerprint density at radius 2 is 2.00 bits per heavy atom. The van der Waals surface area contributed by atoms with Gasteiger partial charge in [-0.2, -0.15) is 13.2 Å². The SMILES string of the molecule is CCCCCOCC(=O)N1CCC(C(=O)O)(C(F)(F)F)C1. The van der Waals surface area contributed by atoms with E-state index in [1.54, 1.807) is 0 Å². The quantitative estimate of drug-likeness (QED) is 0.731. The van der Waals surface area contributed by atoms with Crippen LogP contribution in [0.15, 0.2) is 0 Å². The van der Waals surface area contributed by atoms with Gasteiger partial charge in [0.1, 0.15) is 6.61 Å². The number of rotatable bonds is 7. The second-order valence-corrected chi connectivity index (χ2v) is 5.21. The maximum Gasteiger partial charge on any atom is 0.406 e. The summed E-state index contributed by atoms with van der Waals surface area (Å²) < 4.78 is 43.9. The van der Waals surface area contributed by atoms with E-state index in [-0.39, 0.29) is 13.2 Å². The van der Waals surface area contributed by atoms with Gasteiger partial charge < -0.3 is 14.7 Å². The first-order valence-electron chi connectivity index (χ1n) is 6.90. The highest BCUT2D eigenvalue weighted by atomic mass is 19.4. The summed E-state index contributed by atoms with van der Waals surface area (Å²) in [6.07, 6.45) is -2.76. The topological polar surface area (TPSA) is 66.8 Å². The van der Waals surface area contributed by atoms with Gasteiger partial charge >= 0.3 is 12.1 Å². The van der Waals surface area contributed by atoms with Gasteiger partial charge in [-0.3, -0.25) is 9.59 Å². The maximum atomic E-state index is 12.9. The molecule has 0 aromatic carbocycles. The molecule has 1 heterocycles. The van der Waals surface area contributed by atoms with E-state index in [4.69, 9.17) is 9.84 Å². The van der Waals surface area contributed by atoms with Crippen LogP contribution in [0.5, 0.6) is 0 Å². The molecule has 1 unspecified atom stereocenters. The Kier molecular flexibility index (Phi) is 6.00. The molecule has 0 aliphatic carbocycles. The van der Waals surface area contributed by atoms with Crippen molar-refractivity contribution in [3.05, 3.63) is 0 Å². The van der Waals surface area contributed by atoms with Crippen molar-refractivity contribution >= 4 is 11.9 Å². The molecule has 0 bridgehead atoms. The van der Waals surface area contributed by atoms with Gasteiger partial charge in [-0.15, -0.1) is 0 Å². The number of carbonyl (C=O) groups excluding carboxylic acids is 1. The fraction of sp³-hybridized carbons (Fsp3) is 0.846. The van der Waals surface area contributed by atoms with Crippen molar-refractivity contribution in [3.63, 3.8) is 0 Å². The summed E-state index contributed by atoms with van der Waals surface area (Å²) in [6, 6.07) is 0. The zero-order chi connectivity index (χ0) is 16.1. The minimum Gasteiger partial charge on any atom is -0.481 e. The largest absolute Gasteiger partial charge is 0.481 e. The molecular formula is C13H20F3NO4. The van der Waals surface area contributed by atoms with Gasteiger partial charge in [0.15, 0.2) is 5.41 Å². The number of alkyl halides is 3. The van der Waals surface area contributed by atoms with Crippen molar-refractivity contribution in [1.29, 1.82) is 0 Å². The van der Waals surface area contributed by atoms with Crippen molar-refractivity contribution in [2.75, 3.05) is 26.3 Å². The number of carbonyl (C=O) groups is 2. The first-order chi connectivity index (χ1) is 9.74. The minimum absolute atomic E-state index is 0.219. The first-order valence-corrected chi connectivity index (χ1v) is 6.90. The molecule has 1 amide bonds. The number of aliphatic carboxylic acids is 1. The van der Waals surface area contributed by atoms with E-state index >= 15 is 0 Å². The van der Waals surface area contributed by atoms with Crippen LogP contribution in [0.4, 0.5) is 13.2 Å². The Bertz CT molecular complexity index is 386. The third-order valence-electron chi connectivity index (χ3n) is 3.69. The van der Waals surface area contributed by atoms with Gasteiger partial charge in [-0.1, -0.05) is 19.8 Å². The van der Waals surface area contributed by atoms with Gasteiger partial charge in [0.2, 0.25) is 5.91 Å². The third kappa shape index (κ3) is 4.09. The summed E-state index contributed by atoms with van der Waals surface area (Å²) in [5.74, 6) is -2.53. The summed E-state index contributed by atoms with van der Waals surface area (Å²) in [6.45, 7) is 1.01. The molecule has 122 valence electrons. The molecule has 1 rings (SSSR count). The molecule has 21 heavy (non-hydrogen) atoms. The van der Waals surface area contributed by atoms with E-state index < -0.39 is 36.4 Å². The number of hydrogen-bond donors (Lipinski definition) is 1. The van der Waals surface area contributed by atoms with Crippen molar-refractivity contribution < 1.29 is 32.6 Å². The summed E-state index contributed by atoms with van der Waals surface area (Å²) in [7, 11) is 0. The predicted molar refractivity (Wildman–Crippen MR) is 67.7 cm³/mol. The molecule has 0 radical (unpaired) electrons. The average Bonchev–Trinajstić information content (AvgIpc) is 2.84. The summed E-state index contributed by atoms with van der Waals surface area (Å²) in [4.78, 5) is 23.7. The summed E-state index contributed by atoms with van der Waals surface area (Å²) >= 11 is 0. The van der Waals surface area contributed by atoms with Gasteiger partial charge in [0, 0.05) is 19.7 Å². The lowest BCUT2D eigenvalue weighted by molar-refractivity contribution is -0.227. The van der Waals surface area contributed by atoms with E-state index in [1.807, 2.05) is 6.92 Å². The highest BCUT2D eigenvalue weighted by molar-refractivity contribution is 5.82. The monoisotopic (exact) mass is 311 g/mol. The number of halogens is 3. The number of carboxylic acids is 1. The molecule has 1 aliphatic rings. The fourth-order valence-electron chi connectivity index (χ4n) is 2.25. The number of hydrogen-bond acceptors (Lipinski definition) is 3. The maximum absolute atomic E-state index is 12.9. The molecule has 1 atom stereocenters. The van der Waals surface area contributed by atoms with E-state index in [0.717, 1.165) is 24.2 Å². The molecule has 0 aromatic rings. The van der Waals surface area contributed by atoms with Crippen LogP contribution in [-0.4, -0.2) is 54.4 Å². The Hall–Kier alpha value is -1.31. The molecule has 5 nitrogen and oxygen atoms in total. The minimum atomic E-state index is -4.88. The number of nitrogens with zero attached hydrogens (tertiary/aromatic N) is 1. The van der Waals surface area contributed by atoms with Gasteiger partial charge in [0.25, 0.3) is 0 Å². The van der Waals surface area contributed by atoms with Crippen molar-refractivity contribution in [1.82, 2.24) is 4.90 Å². The third-order valence-corrected chi connectivity index (χ3v) is 3.69. The zero-order valence-corrected chi connectivity index (χ0v) is 11.9. The normalized spacial score (nSPS) is 22.6. The van der Waals surface area contributed by atoms with Gasteiger partial charge in [-0.05, 0) is 12.8 Å². The lowest BCUT2D eigenvalue weighted by Gasteiger charge is -2.27. The first kappa shape index (κ1) is 17.7. The molecular weight excluding hydrogens is 291 g/mol. The summed E-state index contributed by atoms with van der Waals surface area (Å²) in [5.41, 5.74) is -2.86. The Balaban J connectivity index is 2.52. The van der Waals surface area contributed by atoms with E-state index in [9.17, 15) is 22.8 Å². The Morgan fingerprint density at radius 3 is 2.48 bits per heavy atom. The lowest BCUT2D eigenvalue weighted by atomic mass is 9.86. The summed E-state index contributed by atoms with van der Waals surface area (Å²) in [5, 5.41) is 8.88. The van der Waals surface area contributed by atoms with Crippen molar-refractivity contribution in [2.45, 2.75) is 38.8 Å². The second kappa shape index (κ2) is 7.11. The molecule has 1 fully saturated rings.